The van der Waals surface area contributed by atoms with Gasteiger partial charge in [0.1, 0.15) is 0 Å². The number of halogens is 2. The molecule has 0 unspecified atom stereocenters. The summed E-state index contributed by atoms with van der Waals surface area (Å²) in [6.07, 6.45) is 0.801. The third-order valence-electron chi connectivity index (χ3n) is 2.63. The Kier molecular flexibility index (Phi) is 4.40. The smallest absolute Gasteiger partial charge is 0.0819 e. The van der Waals surface area contributed by atoms with Gasteiger partial charge < -0.3 is 0 Å². The van der Waals surface area contributed by atoms with E-state index in [0.717, 1.165) is 23.4 Å². The van der Waals surface area contributed by atoms with E-state index in [9.17, 15) is 0 Å². The third-order valence-corrected chi connectivity index (χ3v) is 3.28. The normalized spacial score (nSPS) is 11.6. The van der Waals surface area contributed by atoms with E-state index in [1.165, 1.54) is 0 Å². The zero-order valence-corrected chi connectivity index (χ0v) is 11.5. The summed E-state index contributed by atoms with van der Waals surface area (Å²) >= 11 is 12.3. The van der Waals surface area contributed by atoms with Gasteiger partial charge in [-0.2, -0.15) is 0 Å². The van der Waals surface area contributed by atoms with E-state index in [-0.39, 0.29) is 0 Å². The first-order chi connectivity index (χ1) is 8.72. The SMILES string of the molecule is CC/C(=N/c1ccccc1Cl)c1ccccc1Cl. The Morgan fingerprint density at radius 3 is 2.17 bits per heavy atom. The largest absolute Gasteiger partial charge is 0.251 e. The number of para-hydroxylation sites is 1. The van der Waals surface area contributed by atoms with Crippen LogP contribution in [0.2, 0.25) is 10.0 Å². The molecule has 0 N–H and O–H groups in total. The maximum atomic E-state index is 6.19. The molecule has 92 valence electrons. The third kappa shape index (κ3) is 2.92. The summed E-state index contributed by atoms with van der Waals surface area (Å²) in [5, 5.41) is 1.36. The van der Waals surface area contributed by atoms with E-state index in [2.05, 4.69) is 11.9 Å². The van der Waals surface area contributed by atoms with E-state index >= 15 is 0 Å². The van der Waals surface area contributed by atoms with E-state index in [4.69, 9.17) is 23.2 Å². The molecule has 0 aliphatic heterocycles. The van der Waals surface area contributed by atoms with Crippen molar-refractivity contribution in [1.29, 1.82) is 0 Å². The fraction of sp³-hybridized carbons (Fsp3) is 0.133. The van der Waals surface area contributed by atoms with E-state index in [1.807, 2.05) is 48.5 Å². The standard InChI is InChI=1S/C15H13Cl2N/c1-2-14(11-7-3-4-8-12(11)16)18-15-10-6-5-9-13(15)17/h3-10H,2H2,1H3/b18-14-. The first kappa shape index (κ1) is 13.1. The van der Waals surface area contributed by atoms with Gasteiger partial charge in [0.25, 0.3) is 0 Å². The molecular weight excluding hydrogens is 265 g/mol. The molecule has 1 nitrogen and oxygen atoms in total. The van der Waals surface area contributed by atoms with Crippen LogP contribution in [0.1, 0.15) is 18.9 Å². The molecule has 18 heavy (non-hydrogen) atoms. The van der Waals surface area contributed by atoms with Crippen LogP contribution in [0, 0.1) is 0 Å². The average Bonchev–Trinajstić information content (AvgIpc) is 2.39. The van der Waals surface area contributed by atoms with Crippen molar-refractivity contribution in [2.75, 3.05) is 0 Å². The Bertz CT molecular complexity index is 576. The lowest BCUT2D eigenvalue weighted by atomic mass is 10.1. The molecule has 0 amide bonds. The summed E-state index contributed by atoms with van der Waals surface area (Å²) in [4.78, 5) is 4.61. The van der Waals surface area contributed by atoms with Crippen LogP contribution in [0.4, 0.5) is 5.69 Å². The van der Waals surface area contributed by atoms with Crippen LogP contribution in [-0.4, -0.2) is 5.71 Å². The quantitative estimate of drug-likeness (QED) is 0.655. The maximum absolute atomic E-state index is 6.19. The van der Waals surface area contributed by atoms with Crippen molar-refractivity contribution < 1.29 is 0 Å². The number of benzene rings is 2. The first-order valence-electron chi connectivity index (χ1n) is 5.79. The van der Waals surface area contributed by atoms with E-state index in [0.29, 0.717) is 10.0 Å². The fourth-order valence-electron chi connectivity index (χ4n) is 1.71. The van der Waals surface area contributed by atoms with Gasteiger partial charge in [-0.3, -0.25) is 4.99 Å². The highest BCUT2D eigenvalue weighted by atomic mass is 35.5. The predicted octanol–water partition coefficient (Wildman–Crippen LogP) is 5.52. The monoisotopic (exact) mass is 277 g/mol. The van der Waals surface area contributed by atoms with Gasteiger partial charge in [-0.15, -0.1) is 0 Å². The minimum atomic E-state index is 0.649. The van der Waals surface area contributed by atoms with Gasteiger partial charge in [-0.1, -0.05) is 60.5 Å². The van der Waals surface area contributed by atoms with Gasteiger partial charge in [0, 0.05) is 16.3 Å². The van der Waals surface area contributed by atoms with Crippen LogP contribution in [-0.2, 0) is 0 Å². The second-order valence-corrected chi connectivity index (χ2v) is 4.66. The predicted molar refractivity (Wildman–Crippen MR) is 79.4 cm³/mol. The second-order valence-electron chi connectivity index (χ2n) is 3.84. The molecule has 0 bridgehead atoms. The number of hydrogen-bond acceptors (Lipinski definition) is 1. The van der Waals surface area contributed by atoms with Gasteiger partial charge in [-0.05, 0) is 24.6 Å². The molecule has 0 aliphatic carbocycles. The molecule has 0 saturated heterocycles. The summed E-state index contributed by atoms with van der Waals surface area (Å²) in [6, 6.07) is 15.3. The Hall–Kier alpha value is -1.31. The molecule has 2 rings (SSSR count). The molecule has 0 spiro atoms. The highest BCUT2D eigenvalue weighted by molar-refractivity contribution is 6.35. The van der Waals surface area contributed by atoms with Crippen molar-refractivity contribution in [3.05, 3.63) is 64.1 Å². The van der Waals surface area contributed by atoms with Crippen LogP contribution >= 0.6 is 23.2 Å². The number of rotatable bonds is 3. The molecule has 0 fully saturated rings. The molecule has 0 saturated carbocycles. The van der Waals surface area contributed by atoms with Gasteiger partial charge in [-0.25, -0.2) is 0 Å². The Balaban J connectivity index is 2.47. The molecule has 0 aromatic heterocycles. The van der Waals surface area contributed by atoms with Crippen molar-refractivity contribution >= 4 is 34.6 Å². The molecular formula is C15H13Cl2N. The molecule has 0 heterocycles. The lowest BCUT2D eigenvalue weighted by Gasteiger charge is -2.07. The zero-order chi connectivity index (χ0) is 13.0. The summed E-state index contributed by atoms with van der Waals surface area (Å²) in [5.41, 5.74) is 2.67. The topological polar surface area (TPSA) is 12.4 Å². The zero-order valence-electron chi connectivity index (χ0n) is 10.0. The van der Waals surface area contributed by atoms with Crippen LogP contribution in [0.15, 0.2) is 53.5 Å². The minimum absolute atomic E-state index is 0.649. The maximum Gasteiger partial charge on any atom is 0.0819 e. The van der Waals surface area contributed by atoms with Crippen LogP contribution < -0.4 is 0 Å². The van der Waals surface area contributed by atoms with Gasteiger partial charge in [0.2, 0.25) is 0 Å². The Morgan fingerprint density at radius 1 is 0.944 bits per heavy atom. The van der Waals surface area contributed by atoms with E-state index in [1.54, 1.807) is 0 Å². The van der Waals surface area contributed by atoms with Crippen LogP contribution in [0.25, 0.3) is 0 Å². The van der Waals surface area contributed by atoms with E-state index < -0.39 is 0 Å². The molecule has 2 aromatic carbocycles. The van der Waals surface area contributed by atoms with Crippen molar-refractivity contribution in [1.82, 2.24) is 0 Å². The highest BCUT2D eigenvalue weighted by Gasteiger charge is 2.06. The number of aliphatic imine (C=N–C) groups is 1. The minimum Gasteiger partial charge on any atom is -0.251 e. The molecule has 0 atom stereocenters. The number of nitrogens with zero attached hydrogens (tertiary/aromatic N) is 1. The highest BCUT2D eigenvalue weighted by Crippen LogP contribution is 2.26. The fourth-order valence-corrected chi connectivity index (χ4v) is 2.14. The van der Waals surface area contributed by atoms with Crippen molar-refractivity contribution in [3.8, 4) is 0 Å². The van der Waals surface area contributed by atoms with Crippen molar-refractivity contribution in [3.63, 3.8) is 0 Å². The van der Waals surface area contributed by atoms with Crippen LogP contribution in [0.5, 0.6) is 0 Å². The lowest BCUT2D eigenvalue weighted by Crippen LogP contribution is -1.99. The Morgan fingerprint density at radius 2 is 1.56 bits per heavy atom. The summed E-state index contributed by atoms with van der Waals surface area (Å²) in [7, 11) is 0. The van der Waals surface area contributed by atoms with Gasteiger partial charge in [0.05, 0.1) is 10.7 Å². The van der Waals surface area contributed by atoms with Crippen molar-refractivity contribution in [2.24, 2.45) is 4.99 Å². The first-order valence-corrected chi connectivity index (χ1v) is 6.55. The van der Waals surface area contributed by atoms with Crippen molar-refractivity contribution in [2.45, 2.75) is 13.3 Å². The van der Waals surface area contributed by atoms with Gasteiger partial charge in [0.15, 0.2) is 0 Å². The molecule has 3 heteroatoms. The molecule has 0 aliphatic rings. The summed E-state index contributed by atoms with van der Waals surface area (Å²) < 4.78 is 0. The average molecular weight is 278 g/mol. The second kappa shape index (κ2) is 6.03. The molecule has 2 aromatic rings. The molecule has 0 radical (unpaired) electrons. The summed E-state index contributed by atoms with van der Waals surface area (Å²) in [6.45, 7) is 2.05. The number of hydrogen-bond donors (Lipinski definition) is 0. The van der Waals surface area contributed by atoms with Gasteiger partial charge >= 0.3 is 0 Å². The Labute approximate surface area is 117 Å². The van der Waals surface area contributed by atoms with Crippen LogP contribution in [0.3, 0.4) is 0 Å². The summed E-state index contributed by atoms with van der Waals surface area (Å²) in [5.74, 6) is 0. The lowest BCUT2D eigenvalue weighted by molar-refractivity contribution is 1.26.